The van der Waals surface area contributed by atoms with Crippen LogP contribution in [0.1, 0.15) is 5.56 Å². The molecule has 1 fully saturated rings. The Morgan fingerprint density at radius 1 is 1.00 bits per heavy atom. The van der Waals surface area contributed by atoms with Gasteiger partial charge in [-0.15, -0.1) is 0 Å². The van der Waals surface area contributed by atoms with E-state index >= 15 is 0 Å². The molecule has 0 atom stereocenters. The van der Waals surface area contributed by atoms with Crippen LogP contribution in [0.3, 0.4) is 0 Å². The minimum Gasteiger partial charge on any atom is -0.493 e. The molecule has 3 aromatic carbocycles. The monoisotopic (exact) mass is 582 g/mol. The van der Waals surface area contributed by atoms with E-state index in [2.05, 4.69) is 5.32 Å². The number of hydrogen-bond donors (Lipinski definition) is 1. The summed E-state index contributed by atoms with van der Waals surface area (Å²) in [5, 5.41) is 2.05. The number of fused-ring (bicyclic) bond motifs is 1. The van der Waals surface area contributed by atoms with Crippen molar-refractivity contribution in [2.75, 3.05) is 32.2 Å². The molecule has 206 valence electrons. The molecule has 3 aromatic rings. The maximum Gasteiger partial charge on any atom is 0.339 e. The van der Waals surface area contributed by atoms with Crippen LogP contribution in [0.2, 0.25) is 0 Å². The van der Waals surface area contributed by atoms with Gasteiger partial charge in [-0.1, -0.05) is 24.3 Å². The van der Waals surface area contributed by atoms with Crippen LogP contribution in [0.5, 0.6) is 23.0 Å². The standard InChI is InChI=1S/C27H22N2O9S2/c1-35-22-13-17(7-9-21(22)38-40(33,34)19-5-3-2-4-6-19)14-24-26(31)29(27(32)39-24)16-25(30)28-18-8-10-20-23(15-18)37-12-11-36-20/h2-10,13-15H,11-12,16H2,1H3,(H,28,30)/b24-14-. The molecule has 0 radical (unpaired) electrons. The van der Waals surface area contributed by atoms with Crippen molar-refractivity contribution in [1.82, 2.24) is 4.90 Å². The number of amides is 3. The van der Waals surface area contributed by atoms with E-state index in [4.69, 9.17) is 18.4 Å². The van der Waals surface area contributed by atoms with E-state index in [1.165, 1.54) is 43.5 Å². The zero-order chi connectivity index (χ0) is 28.3. The van der Waals surface area contributed by atoms with Gasteiger partial charge >= 0.3 is 10.1 Å². The third kappa shape index (κ3) is 5.90. The third-order valence-electron chi connectivity index (χ3n) is 5.72. The van der Waals surface area contributed by atoms with Crippen molar-refractivity contribution < 1.29 is 41.2 Å². The second-order valence-corrected chi connectivity index (χ2v) is 11.0. The first-order valence-corrected chi connectivity index (χ1v) is 14.1. The fraction of sp³-hybridized carbons (Fsp3) is 0.148. The average Bonchev–Trinajstić information content (AvgIpc) is 3.21. The van der Waals surface area contributed by atoms with Crippen molar-refractivity contribution in [3.8, 4) is 23.0 Å². The minimum absolute atomic E-state index is 0.0205. The molecule has 0 aliphatic carbocycles. The maximum atomic E-state index is 12.9. The number of carbonyl (C=O) groups is 3. The predicted octanol–water partition coefficient (Wildman–Crippen LogP) is 3.91. The van der Waals surface area contributed by atoms with Gasteiger partial charge in [0, 0.05) is 11.8 Å². The second-order valence-electron chi connectivity index (χ2n) is 8.44. The summed E-state index contributed by atoms with van der Waals surface area (Å²) >= 11 is 0.683. The normalized spacial score (nSPS) is 15.7. The van der Waals surface area contributed by atoms with Crippen LogP contribution in [0, 0.1) is 0 Å². The van der Waals surface area contributed by atoms with Gasteiger partial charge in [-0.05, 0) is 59.8 Å². The summed E-state index contributed by atoms with van der Waals surface area (Å²) in [5.41, 5.74) is 0.882. The molecule has 2 aliphatic rings. The first-order valence-electron chi connectivity index (χ1n) is 11.9. The quantitative estimate of drug-likeness (QED) is 0.307. The molecule has 5 rings (SSSR count). The summed E-state index contributed by atoms with van der Waals surface area (Å²) in [6.45, 7) is 0.345. The topological polar surface area (TPSA) is 138 Å². The molecule has 0 saturated carbocycles. The number of rotatable bonds is 8. The van der Waals surface area contributed by atoms with Gasteiger partial charge in [-0.25, -0.2) is 0 Å². The molecule has 2 heterocycles. The van der Waals surface area contributed by atoms with Gasteiger partial charge in [0.1, 0.15) is 24.7 Å². The smallest absolute Gasteiger partial charge is 0.339 e. The van der Waals surface area contributed by atoms with E-state index < -0.39 is 33.7 Å². The summed E-state index contributed by atoms with van der Waals surface area (Å²) in [4.78, 5) is 39.0. The van der Waals surface area contributed by atoms with Gasteiger partial charge in [0.2, 0.25) is 5.91 Å². The molecule has 2 aliphatic heterocycles. The molecule has 0 spiro atoms. The lowest BCUT2D eigenvalue weighted by atomic mass is 10.2. The van der Waals surface area contributed by atoms with E-state index in [0.29, 0.717) is 47.7 Å². The van der Waals surface area contributed by atoms with Gasteiger partial charge < -0.3 is 23.7 Å². The highest BCUT2D eigenvalue weighted by Crippen LogP contribution is 2.36. The lowest BCUT2D eigenvalue weighted by Gasteiger charge is -2.19. The molecule has 0 bridgehead atoms. The van der Waals surface area contributed by atoms with Crippen molar-refractivity contribution in [1.29, 1.82) is 0 Å². The maximum absolute atomic E-state index is 12.9. The number of imide groups is 1. The number of nitrogens with zero attached hydrogens (tertiary/aromatic N) is 1. The van der Waals surface area contributed by atoms with Crippen LogP contribution in [0.15, 0.2) is 76.5 Å². The Bertz CT molecular complexity index is 1620. The zero-order valence-corrected chi connectivity index (χ0v) is 22.6. The van der Waals surface area contributed by atoms with E-state index in [1.54, 1.807) is 36.4 Å². The summed E-state index contributed by atoms with van der Waals surface area (Å²) in [6, 6.07) is 16.9. The second kappa shape index (κ2) is 11.3. The van der Waals surface area contributed by atoms with Crippen LogP contribution < -0.4 is 23.7 Å². The van der Waals surface area contributed by atoms with Gasteiger partial charge in [0.05, 0.1) is 12.0 Å². The predicted molar refractivity (Wildman–Crippen MR) is 146 cm³/mol. The largest absolute Gasteiger partial charge is 0.493 e. The lowest BCUT2D eigenvalue weighted by Crippen LogP contribution is -2.36. The molecule has 40 heavy (non-hydrogen) atoms. The Labute approximate surface area is 233 Å². The van der Waals surface area contributed by atoms with E-state index in [1.807, 2.05) is 0 Å². The lowest BCUT2D eigenvalue weighted by molar-refractivity contribution is -0.127. The van der Waals surface area contributed by atoms with Crippen LogP contribution in [-0.2, 0) is 19.7 Å². The Kier molecular flexibility index (Phi) is 7.67. The molecule has 13 heteroatoms. The van der Waals surface area contributed by atoms with Gasteiger partial charge in [-0.3, -0.25) is 19.3 Å². The van der Waals surface area contributed by atoms with Crippen LogP contribution >= 0.6 is 11.8 Å². The van der Waals surface area contributed by atoms with E-state index in [-0.39, 0.29) is 21.3 Å². The number of nitrogens with one attached hydrogen (secondary N) is 1. The Morgan fingerprint density at radius 3 is 2.50 bits per heavy atom. The fourth-order valence-electron chi connectivity index (χ4n) is 3.85. The number of thioether (sulfide) groups is 1. The first kappa shape index (κ1) is 27.1. The van der Waals surface area contributed by atoms with Crippen LogP contribution in [0.25, 0.3) is 6.08 Å². The Hall–Kier alpha value is -4.49. The summed E-state index contributed by atoms with van der Waals surface area (Å²) < 4.78 is 46.7. The molecule has 1 N–H and O–H groups in total. The number of methoxy groups -OCH3 is 1. The highest BCUT2D eigenvalue weighted by Gasteiger charge is 2.36. The Morgan fingerprint density at radius 2 is 1.75 bits per heavy atom. The molecular formula is C27H22N2O9S2. The molecule has 0 unspecified atom stereocenters. The third-order valence-corrected chi connectivity index (χ3v) is 7.87. The SMILES string of the molecule is COc1cc(/C=C2\SC(=O)N(CC(=O)Nc3ccc4c(c3)OCCO4)C2=O)ccc1OS(=O)(=O)c1ccccc1. The van der Waals surface area contributed by atoms with Crippen molar-refractivity contribution >= 4 is 50.7 Å². The summed E-state index contributed by atoms with van der Waals surface area (Å²) in [5.74, 6) is -0.1000. The van der Waals surface area contributed by atoms with Crippen LogP contribution in [0.4, 0.5) is 10.5 Å². The minimum atomic E-state index is -4.10. The van der Waals surface area contributed by atoms with Crippen molar-refractivity contribution in [2.45, 2.75) is 4.90 Å². The van der Waals surface area contributed by atoms with E-state index in [0.717, 1.165) is 4.90 Å². The van der Waals surface area contributed by atoms with Gasteiger partial charge in [0.25, 0.3) is 11.1 Å². The fourth-order valence-corrected chi connectivity index (χ4v) is 5.65. The molecular weight excluding hydrogens is 560 g/mol. The summed E-state index contributed by atoms with van der Waals surface area (Å²) in [7, 11) is -2.76. The van der Waals surface area contributed by atoms with Crippen LogP contribution in [-0.4, -0.2) is 57.2 Å². The molecule has 3 amide bonds. The number of benzene rings is 3. The number of anilines is 1. The highest BCUT2D eigenvalue weighted by atomic mass is 32.2. The highest BCUT2D eigenvalue weighted by molar-refractivity contribution is 8.18. The first-order chi connectivity index (χ1) is 19.2. The van der Waals surface area contributed by atoms with E-state index in [9.17, 15) is 22.8 Å². The van der Waals surface area contributed by atoms with Crippen molar-refractivity contribution in [3.05, 3.63) is 77.2 Å². The van der Waals surface area contributed by atoms with Gasteiger partial charge in [0.15, 0.2) is 23.0 Å². The molecule has 1 saturated heterocycles. The van der Waals surface area contributed by atoms with Crippen molar-refractivity contribution in [2.24, 2.45) is 0 Å². The molecule has 11 nitrogen and oxygen atoms in total. The number of hydrogen-bond acceptors (Lipinski definition) is 10. The Balaban J connectivity index is 1.27. The van der Waals surface area contributed by atoms with Gasteiger partial charge in [-0.2, -0.15) is 8.42 Å². The summed E-state index contributed by atoms with van der Waals surface area (Å²) in [6.07, 6.45) is 1.45. The average molecular weight is 583 g/mol. The van der Waals surface area contributed by atoms with Crippen molar-refractivity contribution in [3.63, 3.8) is 0 Å². The molecule has 0 aromatic heterocycles. The zero-order valence-electron chi connectivity index (χ0n) is 21.0. The number of carbonyl (C=O) groups excluding carboxylic acids is 3. The number of ether oxygens (including phenoxy) is 3.